The fourth-order valence-electron chi connectivity index (χ4n) is 0.472. The zero-order chi connectivity index (χ0) is 7.98. The molecule has 0 aromatic rings. The van der Waals surface area contributed by atoms with Gasteiger partial charge in [-0.3, -0.25) is 0 Å². The van der Waals surface area contributed by atoms with Gasteiger partial charge in [0.25, 0.3) is 5.17 Å². The normalized spacial score (nSPS) is 9.60. The molecule has 60 valence electrons. The minimum Gasteiger partial charge on any atom is -0.471 e. The van der Waals surface area contributed by atoms with E-state index in [0.29, 0.717) is 17.8 Å². The number of rotatable bonds is 3. The van der Waals surface area contributed by atoms with E-state index in [0.717, 1.165) is 6.42 Å². The maximum Gasteiger partial charge on any atom is 0.256 e. The molecule has 0 unspecified atom stereocenters. The van der Waals surface area contributed by atoms with Crippen molar-refractivity contribution in [2.24, 2.45) is 0 Å². The molecule has 0 aliphatic heterocycles. The largest absolute Gasteiger partial charge is 0.471 e. The summed E-state index contributed by atoms with van der Waals surface area (Å²) in [5.41, 5.74) is 0. The van der Waals surface area contributed by atoms with Gasteiger partial charge in [0.1, 0.15) is 0 Å². The predicted octanol–water partition coefficient (Wildman–Crippen LogP) is 1.70. The number of thiocarbonyl (C=S) groups is 1. The summed E-state index contributed by atoms with van der Waals surface area (Å²) < 4.78 is 5.12. The average molecular weight is 161 g/mol. The van der Waals surface area contributed by atoms with Crippen LogP contribution in [0.4, 0.5) is 0 Å². The third-order valence-electron chi connectivity index (χ3n) is 0.844. The van der Waals surface area contributed by atoms with Crippen molar-refractivity contribution < 1.29 is 4.74 Å². The van der Waals surface area contributed by atoms with Crippen LogP contribution in [0, 0.1) is 0 Å². The van der Waals surface area contributed by atoms with E-state index in [4.69, 9.17) is 17.0 Å². The third-order valence-corrected chi connectivity index (χ3v) is 1.08. The second kappa shape index (κ2) is 5.47. The Kier molecular flexibility index (Phi) is 5.30. The fraction of sp³-hybridized carbons (Fsp3) is 0.857. The van der Waals surface area contributed by atoms with Crippen LogP contribution in [-0.2, 0) is 4.74 Å². The van der Waals surface area contributed by atoms with Crippen molar-refractivity contribution in [1.29, 1.82) is 0 Å². The van der Waals surface area contributed by atoms with Crippen molar-refractivity contribution in [1.82, 2.24) is 5.32 Å². The maximum absolute atomic E-state index is 5.12. The summed E-state index contributed by atoms with van der Waals surface area (Å²) in [5.74, 6) is 0. The molecule has 0 bridgehead atoms. The highest BCUT2D eigenvalue weighted by molar-refractivity contribution is 7.80. The Balaban J connectivity index is 3.26. The lowest BCUT2D eigenvalue weighted by atomic mass is 10.4. The Morgan fingerprint density at radius 1 is 1.60 bits per heavy atom. The monoisotopic (exact) mass is 161 g/mol. The number of hydrogen-bond acceptors (Lipinski definition) is 2. The third kappa shape index (κ3) is 5.82. The second-order valence-corrected chi connectivity index (χ2v) is 2.81. The molecule has 1 N–H and O–H groups in total. The highest BCUT2D eigenvalue weighted by atomic mass is 32.1. The van der Waals surface area contributed by atoms with Gasteiger partial charge in [-0.25, -0.2) is 0 Å². The van der Waals surface area contributed by atoms with Crippen LogP contribution in [0.2, 0.25) is 0 Å². The van der Waals surface area contributed by atoms with Crippen LogP contribution in [0.15, 0.2) is 0 Å². The van der Waals surface area contributed by atoms with Gasteiger partial charge in [0.2, 0.25) is 0 Å². The summed E-state index contributed by atoms with van der Waals surface area (Å²) >= 11 is 4.86. The van der Waals surface area contributed by atoms with E-state index in [2.05, 4.69) is 12.2 Å². The van der Waals surface area contributed by atoms with Crippen molar-refractivity contribution in [3.05, 3.63) is 0 Å². The van der Waals surface area contributed by atoms with E-state index in [1.54, 1.807) is 0 Å². The summed E-state index contributed by atoms with van der Waals surface area (Å²) in [7, 11) is 0. The molecule has 0 amide bonds. The molecule has 0 rings (SSSR count). The van der Waals surface area contributed by atoms with E-state index >= 15 is 0 Å². The summed E-state index contributed by atoms with van der Waals surface area (Å²) in [6.45, 7) is 6.82. The van der Waals surface area contributed by atoms with Gasteiger partial charge >= 0.3 is 0 Å². The number of nitrogens with one attached hydrogen (secondary N) is 1. The summed E-state index contributed by atoms with van der Waals surface area (Å²) in [6, 6.07) is 0.365. The van der Waals surface area contributed by atoms with Crippen LogP contribution in [0.25, 0.3) is 0 Å². The number of hydrogen-bond donors (Lipinski definition) is 1. The highest BCUT2D eigenvalue weighted by Crippen LogP contribution is 1.84. The van der Waals surface area contributed by atoms with E-state index in [1.165, 1.54) is 0 Å². The molecular formula is C7H15NOS. The smallest absolute Gasteiger partial charge is 0.256 e. The van der Waals surface area contributed by atoms with Crippen molar-refractivity contribution in [3.63, 3.8) is 0 Å². The van der Waals surface area contributed by atoms with Crippen LogP contribution in [0.5, 0.6) is 0 Å². The first-order valence-corrected chi connectivity index (χ1v) is 4.01. The van der Waals surface area contributed by atoms with E-state index in [1.807, 2.05) is 13.8 Å². The van der Waals surface area contributed by atoms with Crippen molar-refractivity contribution >= 4 is 17.4 Å². The first-order valence-electron chi connectivity index (χ1n) is 3.60. The van der Waals surface area contributed by atoms with Gasteiger partial charge in [0, 0.05) is 6.04 Å². The Bertz CT molecular complexity index is 104. The molecule has 10 heavy (non-hydrogen) atoms. The van der Waals surface area contributed by atoms with E-state index < -0.39 is 0 Å². The minimum absolute atomic E-state index is 0.365. The Hall–Kier alpha value is -0.310. The fourth-order valence-corrected chi connectivity index (χ4v) is 0.791. The molecule has 0 saturated carbocycles. The second-order valence-electron chi connectivity index (χ2n) is 2.43. The van der Waals surface area contributed by atoms with Gasteiger partial charge in [0.05, 0.1) is 6.61 Å². The Labute approximate surface area is 68.0 Å². The lowest BCUT2D eigenvalue weighted by molar-refractivity contribution is 0.295. The number of ether oxygens (including phenoxy) is 1. The highest BCUT2D eigenvalue weighted by Gasteiger charge is 1.96. The molecule has 0 atom stereocenters. The zero-order valence-electron chi connectivity index (χ0n) is 6.81. The van der Waals surface area contributed by atoms with Crippen molar-refractivity contribution in [2.75, 3.05) is 6.61 Å². The van der Waals surface area contributed by atoms with Gasteiger partial charge in [-0.2, -0.15) is 0 Å². The molecule has 2 nitrogen and oxygen atoms in total. The lowest BCUT2D eigenvalue weighted by Gasteiger charge is -2.10. The quantitative estimate of drug-likeness (QED) is 0.636. The zero-order valence-corrected chi connectivity index (χ0v) is 7.62. The van der Waals surface area contributed by atoms with Crippen LogP contribution in [-0.4, -0.2) is 17.8 Å². The molecule has 0 aromatic carbocycles. The molecular weight excluding hydrogens is 146 g/mol. The first-order chi connectivity index (χ1) is 4.66. The molecule has 0 aromatic heterocycles. The van der Waals surface area contributed by atoms with Crippen LogP contribution in [0.3, 0.4) is 0 Å². The summed E-state index contributed by atoms with van der Waals surface area (Å²) in [5, 5.41) is 3.50. The van der Waals surface area contributed by atoms with Gasteiger partial charge in [0.15, 0.2) is 0 Å². The Morgan fingerprint density at radius 2 is 2.20 bits per heavy atom. The van der Waals surface area contributed by atoms with Gasteiger partial charge in [-0.05, 0) is 32.5 Å². The standard InChI is InChI=1S/C7H15NOS/c1-4-5-9-7(10)8-6(2)3/h6H,4-5H2,1-3H3,(H,8,10). The molecule has 0 radical (unpaired) electrons. The molecule has 0 aliphatic rings. The summed E-state index contributed by atoms with van der Waals surface area (Å²) in [4.78, 5) is 0. The Morgan fingerprint density at radius 3 is 2.60 bits per heavy atom. The van der Waals surface area contributed by atoms with Crippen LogP contribution < -0.4 is 5.32 Å². The molecule has 0 aliphatic carbocycles. The van der Waals surface area contributed by atoms with E-state index in [-0.39, 0.29) is 0 Å². The molecule has 0 spiro atoms. The average Bonchev–Trinajstić information content (AvgIpc) is 1.82. The molecule has 3 heteroatoms. The predicted molar refractivity (Wildman–Crippen MR) is 47.1 cm³/mol. The van der Waals surface area contributed by atoms with Crippen LogP contribution in [0.1, 0.15) is 27.2 Å². The molecule has 0 saturated heterocycles. The van der Waals surface area contributed by atoms with Crippen LogP contribution >= 0.6 is 12.2 Å². The SMILES string of the molecule is CCCOC(=S)NC(C)C. The van der Waals surface area contributed by atoms with Crippen molar-refractivity contribution in [2.45, 2.75) is 33.2 Å². The lowest BCUT2D eigenvalue weighted by Crippen LogP contribution is -2.30. The maximum atomic E-state index is 5.12. The van der Waals surface area contributed by atoms with E-state index in [9.17, 15) is 0 Å². The van der Waals surface area contributed by atoms with Crippen molar-refractivity contribution in [3.8, 4) is 0 Å². The topological polar surface area (TPSA) is 21.3 Å². The molecule has 0 heterocycles. The molecule has 0 fully saturated rings. The first kappa shape index (κ1) is 9.69. The van der Waals surface area contributed by atoms with Gasteiger partial charge in [-0.15, -0.1) is 0 Å². The summed E-state index contributed by atoms with van der Waals surface area (Å²) in [6.07, 6.45) is 1.000. The van der Waals surface area contributed by atoms with Gasteiger partial charge in [-0.1, -0.05) is 6.92 Å². The van der Waals surface area contributed by atoms with Gasteiger partial charge < -0.3 is 10.1 Å². The minimum atomic E-state index is 0.365.